The lowest BCUT2D eigenvalue weighted by molar-refractivity contribution is 0.669. The number of hydrogen-bond acceptors (Lipinski definition) is 5. The van der Waals surface area contributed by atoms with Gasteiger partial charge in [-0.15, -0.1) is 0 Å². The lowest BCUT2D eigenvalue weighted by Gasteiger charge is -2.11. The second-order valence-electron chi connectivity index (χ2n) is 11.1. The molecule has 5 nitrogen and oxygen atoms in total. The third kappa shape index (κ3) is 4.41. The van der Waals surface area contributed by atoms with Crippen molar-refractivity contribution < 1.29 is 4.42 Å². The van der Waals surface area contributed by atoms with Crippen LogP contribution in [0.2, 0.25) is 0 Å². The second kappa shape index (κ2) is 10.2. The number of aromatic nitrogens is 4. The summed E-state index contributed by atoms with van der Waals surface area (Å²) in [6, 6.07) is 47.5. The molecule has 0 unspecified atom stereocenters. The van der Waals surface area contributed by atoms with Gasteiger partial charge < -0.3 is 4.42 Å². The van der Waals surface area contributed by atoms with Crippen molar-refractivity contribution in [3.8, 4) is 45.3 Å². The van der Waals surface area contributed by atoms with Crippen LogP contribution in [0.25, 0.3) is 88.9 Å². The van der Waals surface area contributed by atoms with Crippen LogP contribution in [0.15, 0.2) is 150 Å². The molecule has 0 bridgehead atoms. The van der Waals surface area contributed by atoms with Crippen molar-refractivity contribution in [2.45, 2.75) is 0 Å². The van der Waals surface area contributed by atoms with E-state index in [1.165, 1.54) is 10.8 Å². The van der Waals surface area contributed by atoms with E-state index in [0.29, 0.717) is 17.5 Å². The van der Waals surface area contributed by atoms with E-state index in [2.05, 4.69) is 77.8 Å². The van der Waals surface area contributed by atoms with E-state index in [-0.39, 0.29) is 0 Å². The molecule has 0 aliphatic carbocycles. The molecule has 0 atom stereocenters. The Morgan fingerprint density at radius 2 is 1.09 bits per heavy atom. The minimum Gasteiger partial charge on any atom is -0.456 e. The summed E-state index contributed by atoms with van der Waals surface area (Å²) in [5.41, 5.74) is 7.30. The first-order valence-electron chi connectivity index (χ1n) is 14.9. The Balaban J connectivity index is 1.37. The molecule has 45 heavy (non-hydrogen) atoms. The smallest absolute Gasteiger partial charge is 0.164 e. The van der Waals surface area contributed by atoms with Gasteiger partial charge in [0, 0.05) is 39.0 Å². The maximum Gasteiger partial charge on any atom is 0.164 e. The predicted octanol–water partition coefficient (Wildman–Crippen LogP) is 10.1. The molecule has 0 amide bonds. The van der Waals surface area contributed by atoms with Crippen LogP contribution in [0.4, 0.5) is 0 Å². The van der Waals surface area contributed by atoms with E-state index in [1.54, 1.807) is 0 Å². The van der Waals surface area contributed by atoms with Gasteiger partial charge in [-0.05, 0) is 58.3 Å². The maximum absolute atomic E-state index is 6.60. The Labute approximate surface area is 258 Å². The summed E-state index contributed by atoms with van der Waals surface area (Å²) >= 11 is 0. The summed E-state index contributed by atoms with van der Waals surface area (Å²) in [4.78, 5) is 19.8. The molecule has 6 aromatic carbocycles. The molecule has 5 heteroatoms. The summed E-state index contributed by atoms with van der Waals surface area (Å²) in [6.45, 7) is 0. The minimum atomic E-state index is 0.583. The quantitative estimate of drug-likeness (QED) is 0.209. The van der Waals surface area contributed by atoms with E-state index in [0.717, 1.165) is 60.7 Å². The normalized spacial score (nSPS) is 11.6. The fraction of sp³-hybridized carbons (Fsp3) is 0. The zero-order chi connectivity index (χ0) is 29.7. The van der Waals surface area contributed by atoms with Gasteiger partial charge >= 0.3 is 0 Å². The van der Waals surface area contributed by atoms with Crippen molar-refractivity contribution in [1.29, 1.82) is 0 Å². The van der Waals surface area contributed by atoms with Gasteiger partial charge in [0.05, 0.1) is 5.52 Å². The molecule has 0 aliphatic rings. The lowest BCUT2D eigenvalue weighted by atomic mass is 9.96. The number of nitrogens with zero attached hydrogens (tertiary/aromatic N) is 4. The molecule has 0 saturated carbocycles. The van der Waals surface area contributed by atoms with Gasteiger partial charge in [-0.1, -0.05) is 103 Å². The Morgan fingerprint density at radius 3 is 1.84 bits per heavy atom. The topological polar surface area (TPSA) is 64.7 Å². The SMILES string of the molecule is c1ccc(-c2nc(-c3ccccc3)nc(-c3cc(-c4ccc5ccccc5c4)cc4oc5cc6cccnc6cc5c34)n2)cc1. The first kappa shape index (κ1) is 25.3. The van der Waals surface area contributed by atoms with Crippen molar-refractivity contribution in [2.75, 3.05) is 0 Å². The zero-order valence-electron chi connectivity index (χ0n) is 24.1. The summed E-state index contributed by atoms with van der Waals surface area (Å²) in [6.07, 6.45) is 1.82. The molecule has 0 saturated heterocycles. The summed E-state index contributed by atoms with van der Waals surface area (Å²) < 4.78 is 6.60. The zero-order valence-corrected chi connectivity index (χ0v) is 24.1. The highest BCUT2D eigenvalue weighted by atomic mass is 16.3. The van der Waals surface area contributed by atoms with Crippen molar-refractivity contribution in [3.05, 3.63) is 146 Å². The molecule has 0 radical (unpaired) electrons. The van der Waals surface area contributed by atoms with Crippen LogP contribution in [0.1, 0.15) is 0 Å². The minimum absolute atomic E-state index is 0.583. The fourth-order valence-electron chi connectivity index (χ4n) is 6.11. The van der Waals surface area contributed by atoms with Crippen LogP contribution >= 0.6 is 0 Å². The standard InChI is InChI=1S/C40H24N4O/c1-3-11-26(12-4-1)38-42-39(27-13-5-2-6-14-27)44-40(43-38)33-21-31(29-18-17-25-10-7-8-15-28(25)20-29)23-36-37(33)32-24-34-30(16-9-19-41-34)22-35(32)45-36/h1-24H. The molecule has 0 spiro atoms. The molecule has 0 fully saturated rings. The molecule has 3 heterocycles. The number of benzene rings is 6. The average Bonchev–Trinajstić information content (AvgIpc) is 3.47. The van der Waals surface area contributed by atoms with E-state index in [1.807, 2.05) is 72.9 Å². The van der Waals surface area contributed by atoms with Gasteiger partial charge in [0.25, 0.3) is 0 Å². The largest absolute Gasteiger partial charge is 0.456 e. The van der Waals surface area contributed by atoms with Crippen LogP contribution in [-0.4, -0.2) is 19.9 Å². The summed E-state index contributed by atoms with van der Waals surface area (Å²) in [7, 11) is 0. The van der Waals surface area contributed by atoms with Gasteiger partial charge in [-0.3, -0.25) is 4.98 Å². The van der Waals surface area contributed by atoms with E-state index in [4.69, 9.17) is 19.4 Å². The number of fused-ring (bicyclic) bond motifs is 5. The number of rotatable bonds is 4. The Kier molecular flexibility index (Phi) is 5.74. The first-order valence-corrected chi connectivity index (χ1v) is 14.9. The summed E-state index contributed by atoms with van der Waals surface area (Å²) in [5, 5.41) is 5.32. The number of furan rings is 1. The highest BCUT2D eigenvalue weighted by Crippen LogP contribution is 2.41. The molecule has 9 rings (SSSR count). The van der Waals surface area contributed by atoms with Crippen molar-refractivity contribution in [1.82, 2.24) is 19.9 Å². The van der Waals surface area contributed by atoms with Crippen molar-refractivity contribution in [2.24, 2.45) is 0 Å². The maximum atomic E-state index is 6.60. The molecule has 0 aliphatic heterocycles. The molecule has 210 valence electrons. The monoisotopic (exact) mass is 576 g/mol. The molecule has 9 aromatic rings. The molecular formula is C40H24N4O. The third-order valence-electron chi connectivity index (χ3n) is 8.32. The fourth-order valence-corrected chi connectivity index (χ4v) is 6.11. The lowest BCUT2D eigenvalue weighted by Crippen LogP contribution is -2.00. The molecule has 3 aromatic heterocycles. The average molecular weight is 577 g/mol. The molecular weight excluding hydrogens is 552 g/mol. The summed E-state index contributed by atoms with van der Waals surface area (Å²) in [5.74, 6) is 1.81. The van der Waals surface area contributed by atoms with Crippen molar-refractivity contribution >= 4 is 43.6 Å². The first-order chi connectivity index (χ1) is 22.3. The van der Waals surface area contributed by atoms with Crippen LogP contribution in [0, 0.1) is 0 Å². The highest BCUT2D eigenvalue weighted by Gasteiger charge is 2.20. The van der Waals surface area contributed by atoms with Gasteiger partial charge in [0.2, 0.25) is 0 Å². The van der Waals surface area contributed by atoms with Crippen LogP contribution in [-0.2, 0) is 0 Å². The number of hydrogen-bond donors (Lipinski definition) is 0. The van der Waals surface area contributed by atoms with E-state index >= 15 is 0 Å². The van der Waals surface area contributed by atoms with E-state index < -0.39 is 0 Å². The van der Waals surface area contributed by atoms with Gasteiger partial charge in [0.15, 0.2) is 17.5 Å². The molecule has 0 N–H and O–H groups in total. The van der Waals surface area contributed by atoms with Gasteiger partial charge in [-0.25, -0.2) is 15.0 Å². The number of pyridine rings is 1. The van der Waals surface area contributed by atoms with Crippen LogP contribution < -0.4 is 0 Å². The van der Waals surface area contributed by atoms with Gasteiger partial charge in [-0.2, -0.15) is 0 Å². The van der Waals surface area contributed by atoms with Crippen LogP contribution in [0.5, 0.6) is 0 Å². The van der Waals surface area contributed by atoms with Crippen LogP contribution in [0.3, 0.4) is 0 Å². The second-order valence-corrected chi connectivity index (χ2v) is 11.1. The van der Waals surface area contributed by atoms with Crippen molar-refractivity contribution in [3.63, 3.8) is 0 Å². The third-order valence-corrected chi connectivity index (χ3v) is 8.32. The predicted molar refractivity (Wildman–Crippen MR) is 182 cm³/mol. The highest BCUT2D eigenvalue weighted by molar-refractivity contribution is 6.16. The Bertz CT molecular complexity index is 2480. The van der Waals surface area contributed by atoms with E-state index in [9.17, 15) is 0 Å². The Morgan fingerprint density at radius 1 is 0.422 bits per heavy atom. The van der Waals surface area contributed by atoms with Gasteiger partial charge in [0.1, 0.15) is 11.2 Å². The Hall–Kier alpha value is -6.20.